The summed E-state index contributed by atoms with van der Waals surface area (Å²) in [7, 11) is 2.04. The zero-order valence-corrected chi connectivity index (χ0v) is 26.3. The van der Waals surface area contributed by atoms with E-state index in [1.54, 1.807) is 11.3 Å². The van der Waals surface area contributed by atoms with E-state index in [0.717, 1.165) is 27.3 Å². The summed E-state index contributed by atoms with van der Waals surface area (Å²) in [6.07, 6.45) is -0.0694. The van der Waals surface area contributed by atoms with Gasteiger partial charge in [0.05, 0.1) is 38.4 Å². The van der Waals surface area contributed by atoms with Crippen LogP contribution in [0.1, 0.15) is 33.4 Å². The van der Waals surface area contributed by atoms with E-state index in [9.17, 15) is 0 Å². The first-order valence-corrected chi connectivity index (χ1v) is 16.3. The average Bonchev–Trinajstić information content (AvgIpc) is 3.53. The Morgan fingerprint density at radius 2 is 1.02 bits per heavy atom. The summed E-state index contributed by atoms with van der Waals surface area (Å²) in [4.78, 5) is 0. The molecule has 45 heavy (non-hydrogen) atoms. The lowest BCUT2D eigenvalue weighted by Crippen LogP contribution is -2.59. The highest BCUT2D eigenvalue weighted by atomic mass is 32.1. The van der Waals surface area contributed by atoms with Crippen molar-refractivity contribution >= 4 is 11.3 Å². The zero-order valence-electron chi connectivity index (χ0n) is 25.5. The third kappa shape index (κ3) is 8.52. The first kappa shape index (κ1) is 31.3. The molecule has 6 nitrogen and oxygen atoms in total. The fraction of sp³-hybridized carbons (Fsp3) is 0.289. The Morgan fingerprint density at radius 1 is 0.578 bits per heavy atom. The predicted octanol–water partition coefficient (Wildman–Crippen LogP) is 6.99. The van der Waals surface area contributed by atoms with Gasteiger partial charge in [-0.3, -0.25) is 0 Å². The SMILES string of the molecule is C[n+]1ccsc1[C@@H]1O[C@H](COCc2ccccc2)[C@@H](OCc2ccccc2)[C@H](OCc2ccccc2)[C@@H]1OCc1ccccc1. The second-order valence-electron chi connectivity index (χ2n) is 11.2. The molecule has 1 aliphatic heterocycles. The molecule has 6 rings (SSSR count). The second-order valence-corrected chi connectivity index (χ2v) is 12.2. The lowest BCUT2D eigenvalue weighted by Gasteiger charge is -2.45. The molecule has 1 aromatic heterocycles. The topological polar surface area (TPSA) is 50.0 Å². The number of benzene rings is 4. The van der Waals surface area contributed by atoms with Gasteiger partial charge in [0.2, 0.25) is 0 Å². The summed E-state index contributed by atoms with van der Waals surface area (Å²) in [6, 6.07) is 40.9. The molecule has 7 heteroatoms. The van der Waals surface area contributed by atoms with Crippen molar-refractivity contribution in [3.8, 4) is 0 Å². The quantitative estimate of drug-likeness (QED) is 0.125. The van der Waals surface area contributed by atoms with Crippen LogP contribution in [0.4, 0.5) is 0 Å². The van der Waals surface area contributed by atoms with Crippen LogP contribution in [0.3, 0.4) is 0 Å². The van der Waals surface area contributed by atoms with E-state index in [0.29, 0.717) is 33.0 Å². The molecule has 0 bridgehead atoms. The van der Waals surface area contributed by atoms with Crippen LogP contribution in [0.2, 0.25) is 0 Å². The number of nitrogens with zero attached hydrogens (tertiary/aromatic N) is 1. The van der Waals surface area contributed by atoms with Gasteiger partial charge in [0, 0.05) is 0 Å². The Morgan fingerprint density at radius 3 is 1.49 bits per heavy atom. The molecule has 0 aliphatic carbocycles. The largest absolute Gasteiger partial charge is 0.374 e. The minimum Gasteiger partial charge on any atom is -0.374 e. The van der Waals surface area contributed by atoms with Crippen LogP contribution in [-0.4, -0.2) is 31.0 Å². The van der Waals surface area contributed by atoms with Gasteiger partial charge in [0.1, 0.15) is 31.5 Å². The molecule has 1 saturated heterocycles. The molecule has 0 unspecified atom stereocenters. The molecule has 0 radical (unpaired) electrons. The molecule has 2 heterocycles. The third-order valence-corrected chi connectivity index (χ3v) is 8.97. The van der Waals surface area contributed by atoms with E-state index in [-0.39, 0.29) is 6.10 Å². The lowest BCUT2D eigenvalue weighted by molar-refractivity contribution is -0.679. The third-order valence-electron chi connectivity index (χ3n) is 7.95. The smallest absolute Gasteiger partial charge is 0.269 e. The number of thiazole rings is 1. The maximum absolute atomic E-state index is 6.97. The highest BCUT2D eigenvalue weighted by Crippen LogP contribution is 2.38. The summed E-state index contributed by atoms with van der Waals surface area (Å²) in [5.74, 6) is 0. The van der Waals surface area contributed by atoms with E-state index in [4.69, 9.17) is 23.7 Å². The van der Waals surface area contributed by atoms with Crippen LogP contribution >= 0.6 is 11.3 Å². The van der Waals surface area contributed by atoms with Gasteiger partial charge in [-0.1, -0.05) is 133 Å². The van der Waals surface area contributed by atoms with E-state index in [1.807, 2.05) is 79.8 Å². The van der Waals surface area contributed by atoms with E-state index < -0.39 is 24.4 Å². The van der Waals surface area contributed by atoms with Crippen LogP contribution in [0.25, 0.3) is 0 Å². The predicted molar refractivity (Wildman–Crippen MR) is 174 cm³/mol. The summed E-state index contributed by atoms with van der Waals surface area (Å²) in [6.45, 7) is 2.08. The Kier molecular flexibility index (Phi) is 11.2. The Labute approximate surface area is 269 Å². The molecule has 0 amide bonds. The molecule has 4 aromatic carbocycles. The normalized spacial score (nSPS) is 21.5. The highest BCUT2D eigenvalue weighted by molar-refractivity contribution is 7.09. The maximum Gasteiger partial charge on any atom is 0.269 e. The number of rotatable bonds is 14. The van der Waals surface area contributed by atoms with Crippen molar-refractivity contribution in [2.24, 2.45) is 7.05 Å². The fourth-order valence-electron chi connectivity index (χ4n) is 5.60. The number of hydrogen-bond acceptors (Lipinski definition) is 6. The molecule has 5 atom stereocenters. The van der Waals surface area contributed by atoms with Crippen LogP contribution < -0.4 is 4.57 Å². The molecular weight excluding hydrogens is 582 g/mol. The Bertz CT molecular complexity index is 1550. The van der Waals surface area contributed by atoms with Crippen molar-refractivity contribution in [1.82, 2.24) is 0 Å². The van der Waals surface area contributed by atoms with Gasteiger partial charge >= 0.3 is 0 Å². The number of hydrogen-bond donors (Lipinski definition) is 0. The van der Waals surface area contributed by atoms with Gasteiger partial charge < -0.3 is 23.7 Å². The van der Waals surface area contributed by atoms with Crippen molar-refractivity contribution in [3.05, 3.63) is 160 Å². The molecule has 1 aliphatic rings. The molecule has 0 spiro atoms. The molecule has 232 valence electrons. The van der Waals surface area contributed by atoms with Gasteiger partial charge in [0.15, 0.2) is 12.3 Å². The first-order chi connectivity index (χ1) is 22.2. The van der Waals surface area contributed by atoms with Crippen LogP contribution in [-0.2, 0) is 57.2 Å². The lowest BCUT2D eigenvalue weighted by atomic mass is 9.94. The van der Waals surface area contributed by atoms with Gasteiger partial charge in [-0.25, -0.2) is 0 Å². The van der Waals surface area contributed by atoms with Crippen LogP contribution in [0.5, 0.6) is 0 Å². The number of aromatic nitrogens is 1. The van der Waals surface area contributed by atoms with E-state index >= 15 is 0 Å². The van der Waals surface area contributed by atoms with Crippen LogP contribution in [0, 0.1) is 0 Å². The van der Waals surface area contributed by atoms with E-state index in [2.05, 4.69) is 64.7 Å². The summed E-state index contributed by atoms with van der Waals surface area (Å²) >= 11 is 1.65. The van der Waals surface area contributed by atoms with Gasteiger partial charge in [0.25, 0.3) is 5.01 Å². The van der Waals surface area contributed by atoms with Crippen LogP contribution in [0.15, 0.2) is 133 Å². The zero-order chi connectivity index (χ0) is 30.7. The summed E-state index contributed by atoms with van der Waals surface area (Å²) in [5.41, 5.74) is 4.36. The molecule has 0 saturated carbocycles. The van der Waals surface area contributed by atoms with E-state index in [1.165, 1.54) is 0 Å². The molecular formula is C38H40NO5S+. The Balaban J connectivity index is 1.33. The molecule has 1 fully saturated rings. The maximum atomic E-state index is 6.97. The van der Waals surface area contributed by atoms with Crippen molar-refractivity contribution in [2.75, 3.05) is 6.61 Å². The van der Waals surface area contributed by atoms with Gasteiger partial charge in [-0.2, -0.15) is 4.57 Å². The average molecular weight is 623 g/mol. The van der Waals surface area contributed by atoms with Crippen molar-refractivity contribution in [3.63, 3.8) is 0 Å². The second kappa shape index (κ2) is 16.0. The van der Waals surface area contributed by atoms with Gasteiger partial charge in [-0.15, -0.1) is 0 Å². The first-order valence-electron chi connectivity index (χ1n) is 15.4. The standard InChI is InChI=1S/C38H40NO5S/c1-39-22-23-45-38(39)37-36(43-27-32-20-12-5-13-21-32)35(42-26-31-18-10-4-11-19-31)34(41-25-30-16-8-3-9-17-30)33(44-37)28-40-24-29-14-6-2-7-15-29/h2-23,33-37H,24-28H2,1H3/q+1/t33-,34-,35+,36+,37-/m1/s1. The number of aryl methyl sites for hydroxylation is 1. The van der Waals surface area contributed by atoms with Crippen molar-refractivity contribution < 1.29 is 28.3 Å². The fourth-order valence-corrected chi connectivity index (χ4v) is 6.54. The number of ether oxygens (including phenoxy) is 5. The molecule has 0 N–H and O–H groups in total. The summed E-state index contributed by atoms with van der Waals surface area (Å²) in [5, 5.41) is 3.13. The minimum absolute atomic E-state index is 0.344. The van der Waals surface area contributed by atoms with Gasteiger partial charge in [-0.05, 0) is 22.3 Å². The Hall–Kier alpha value is -3.69. The molecule has 5 aromatic rings. The summed E-state index contributed by atoms with van der Waals surface area (Å²) < 4.78 is 35.8. The minimum atomic E-state index is -0.452. The van der Waals surface area contributed by atoms with Crippen molar-refractivity contribution in [2.45, 2.75) is 56.9 Å². The monoisotopic (exact) mass is 622 g/mol. The highest BCUT2D eigenvalue weighted by Gasteiger charge is 2.51. The van der Waals surface area contributed by atoms with Crippen molar-refractivity contribution in [1.29, 1.82) is 0 Å².